The summed E-state index contributed by atoms with van der Waals surface area (Å²) in [7, 11) is 0. The Morgan fingerprint density at radius 3 is 2.54 bits per heavy atom. The van der Waals surface area contributed by atoms with E-state index in [1.54, 1.807) is 0 Å². The number of ether oxygens (including phenoxy) is 1. The number of hydrogen-bond donors (Lipinski definition) is 0. The first-order valence-corrected chi connectivity index (χ1v) is 5.01. The Morgan fingerprint density at radius 1 is 1.46 bits per heavy atom. The maximum Gasteiger partial charge on any atom is 0.311 e. The lowest BCUT2D eigenvalue weighted by molar-refractivity contribution is -0.154. The van der Waals surface area contributed by atoms with Gasteiger partial charge < -0.3 is 4.74 Å². The first-order valence-electron chi connectivity index (χ1n) is 5.01. The van der Waals surface area contributed by atoms with E-state index in [1.165, 1.54) is 0 Å². The molecule has 0 heterocycles. The number of esters is 1. The Bertz CT molecular complexity index is 150. The molecule has 0 atom stereocenters. The molecule has 13 heavy (non-hydrogen) atoms. The van der Waals surface area contributed by atoms with Crippen LogP contribution < -0.4 is 0 Å². The van der Waals surface area contributed by atoms with Gasteiger partial charge in [-0.3, -0.25) is 4.79 Å². The zero-order valence-electron chi connectivity index (χ0n) is 9.06. The fourth-order valence-electron chi connectivity index (χ4n) is 1.05. The Morgan fingerprint density at radius 2 is 2.08 bits per heavy atom. The number of rotatable bonds is 6. The van der Waals surface area contributed by atoms with Crippen LogP contribution in [0.15, 0.2) is 0 Å². The lowest BCUT2D eigenvalue weighted by atomic mass is 9.88. The molecule has 0 bridgehead atoms. The van der Waals surface area contributed by atoms with E-state index < -0.39 is 0 Å². The minimum Gasteiger partial charge on any atom is -0.465 e. The van der Waals surface area contributed by atoms with Gasteiger partial charge >= 0.3 is 5.97 Å². The molecule has 0 aromatic rings. The van der Waals surface area contributed by atoms with E-state index in [0.717, 1.165) is 25.7 Å². The van der Waals surface area contributed by atoms with Crippen LogP contribution in [0.3, 0.4) is 0 Å². The molecule has 0 aromatic heterocycles. The molecule has 0 aliphatic rings. The summed E-state index contributed by atoms with van der Waals surface area (Å²) < 4.78 is 5.13. The molecule has 0 saturated heterocycles. The molecule has 0 aliphatic carbocycles. The van der Waals surface area contributed by atoms with E-state index in [9.17, 15) is 4.79 Å². The summed E-state index contributed by atoms with van der Waals surface area (Å²) in [6.07, 6.45) is 3.57. The van der Waals surface area contributed by atoms with E-state index in [2.05, 4.69) is 13.8 Å². The monoisotopic (exact) mass is 185 g/mol. The third-order valence-electron chi connectivity index (χ3n) is 2.09. The minimum atomic E-state index is -0.366. The molecule has 0 rings (SSSR count). The topological polar surface area (TPSA) is 26.3 Å². The molecule has 0 N–H and O–H groups in total. The van der Waals surface area contributed by atoms with E-state index in [-0.39, 0.29) is 11.4 Å². The minimum absolute atomic E-state index is 0.0930. The molecular weight excluding hydrogens is 164 g/mol. The van der Waals surface area contributed by atoms with Crippen LogP contribution in [-0.2, 0) is 9.53 Å². The summed E-state index contributed by atoms with van der Waals surface area (Å²) in [5.41, 5.74) is -0.366. The van der Waals surface area contributed by atoms with Gasteiger partial charge in [0.1, 0.15) is 0 Å². The van der Waals surface area contributed by atoms with Crippen LogP contribution in [0.1, 0.15) is 46.5 Å². The fourth-order valence-corrected chi connectivity index (χ4v) is 1.05. The van der Waals surface area contributed by atoms with Gasteiger partial charge in [-0.05, 0) is 26.7 Å². The molecule has 2 nitrogen and oxygen atoms in total. The van der Waals surface area contributed by atoms with Crippen molar-refractivity contribution >= 4 is 5.97 Å². The Balaban J connectivity index is 3.80. The summed E-state index contributed by atoms with van der Waals surface area (Å²) in [6.45, 7) is 10.2. The van der Waals surface area contributed by atoms with Gasteiger partial charge in [-0.2, -0.15) is 0 Å². The van der Waals surface area contributed by atoms with Gasteiger partial charge in [0.05, 0.1) is 12.0 Å². The van der Waals surface area contributed by atoms with Crippen molar-refractivity contribution in [3.63, 3.8) is 0 Å². The van der Waals surface area contributed by atoms with Gasteiger partial charge in [0.15, 0.2) is 0 Å². The highest BCUT2D eigenvalue weighted by Gasteiger charge is 2.27. The van der Waals surface area contributed by atoms with Crippen molar-refractivity contribution in [2.24, 2.45) is 5.41 Å². The molecule has 2 heteroatoms. The van der Waals surface area contributed by atoms with Crippen molar-refractivity contribution in [1.82, 2.24) is 0 Å². The van der Waals surface area contributed by atoms with E-state index in [0.29, 0.717) is 6.61 Å². The zero-order chi connectivity index (χ0) is 10.3. The average Bonchev–Trinajstić information content (AvgIpc) is 2.04. The van der Waals surface area contributed by atoms with Crippen LogP contribution in [0.5, 0.6) is 0 Å². The molecule has 0 amide bonds. The normalized spacial score (nSPS) is 11.4. The third kappa shape index (κ3) is 4.91. The summed E-state index contributed by atoms with van der Waals surface area (Å²) in [5, 5.41) is 0. The number of carbonyl (C=O) groups excluding carboxylic acids is 1. The molecule has 0 saturated carbocycles. The van der Waals surface area contributed by atoms with E-state index in [4.69, 9.17) is 4.74 Å². The van der Waals surface area contributed by atoms with Crippen LogP contribution in [0.2, 0.25) is 0 Å². The van der Waals surface area contributed by atoms with Crippen LogP contribution in [0, 0.1) is 12.3 Å². The van der Waals surface area contributed by atoms with Gasteiger partial charge in [0.2, 0.25) is 0 Å². The SMILES string of the molecule is [CH2]CCC(C)(C)C(=O)OCCCC. The number of unbranched alkanes of at least 4 members (excludes halogenated alkanes) is 1. The highest BCUT2D eigenvalue weighted by atomic mass is 16.5. The smallest absolute Gasteiger partial charge is 0.311 e. The van der Waals surface area contributed by atoms with Gasteiger partial charge in [-0.25, -0.2) is 0 Å². The van der Waals surface area contributed by atoms with Gasteiger partial charge in [0, 0.05) is 0 Å². The van der Waals surface area contributed by atoms with Gasteiger partial charge in [-0.15, -0.1) is 0 Å². The Hall–Kier alpha value is -0.530. The maximum atomic E-state index is 11.5. The first kappa shape index (κ1) is 12.5. The summed E-state index contributed by atoms with van der Waals surface area (Å²) >= 11 is 0. The molecule has 0 aromatic carbocycles. The van der Waals surface area contributed by atoms with E-state index in [1.807, 2.05) is 13.8 Å². The average molecular weight is 185 g/mol. The predicted octanol–water partition coefficient (Wildman–Crippen LogP) is 2.97. The molecule has 1 radical (unpaired) electrons. The standard InChI is InChI=1S/C11H21O2/c1-5-7-9-13-10(12)11(3,4)8-6-2/h2,5-9H2,1,3-4H3. The second-order valence-electron chi connectivity index (χ2n) is 3.98. The number of carbonyl (C=O) groups is 1. The highest BCUT2D eigenvalue weighted by Crippen LogP contribution is 2.23. The van der Waals surface area contributed by atoms with Crippen LogP contribution in [0.4, 0.5) is 0 Å². The number of hydrogen-bond acceptors (Lipinski definition) is 2. The summed E-state index contributed by atoms with van der Waals surface area (Å²) in [4.78, 5) is 11.5. The van der Waals surface area contributed by atoms with Crippen molar-refractivity contribution < 1.29 is 9.53 Å². The quantitative estimate of drug-likeness (QED) is 0.469. The lowest BCUT2D eigenvalue weighted by Gasteiger charge is -2.21. The van der Waals surface area contributed by atoms with Crippen LogP contribution >= 0.6 is 0 Å². The first-order chi connectivity index (χ1) is 6.04. The predicted molar refractivity (Wildman–Crippen MR) is 54.2 cm³/mol. The van der Waals surface area contributed by atoms with Crippen LogP contribution in [0.25, 0.3) is 0 Å². The maximum absolute atomic E-state index is 11.5. The second kappa shape index (κ2) is 6.01. The largest absolute Gasteiger partial charge is 0.465 e. The van der Waals surface area contributed by atoms with Gasteiger partial charge in [0.25, 0.3) is 0 Å². The Kier molecular flexibility index (Phi) is 5.76. The molecule has 0 spiro atoms. The van der Waals surface area contributed by atoms with Crippen molar-refractivity contribution in [2.45, 2.75) is 46.5 Å². The van der Waals surface area contributed by atoms with Gasteiger partial charge in [-0.1, -0.05) is 26.7 Å². The van der Waals surface area contributed by atoms with Crippen molar-refractivity contribution in [2.75, 3.05) is 6.61 Å². The Labute approximate surface area is 81.7 Å². The molecule has 0 fully saturated rings. The lowest BCUT2D eigenvalue weighted by Crippen LogP contribution is -2.26. The van der Waals surface area contributed by atoms with Crippen molar-refractivity contribution in [3.8, 4) is 0 Å². The molecule has 77 valence electrons. The molecule has 0 aliphatic heterocycles. The van der Waals surface area contributed by atoms with E-state index >= 15 is 0 Å². The summed E-state index contributed by atoms with van der Waals surface area (Å²) in [6, 6.07) is 0. The second-order valence-corrected chi connectivity index (χ2v) is 3.98. The molecular formula is C11H21O2. The third-order valence-corrected chi connectivity index (χ3v) is 2.09. The summed E-state index contributed by atoms with van der Waals surface area (Å²) in [5.74, 6) is -0.0930. The highest BCUT2D eigenvalue weighted by molar-refractivity contribution is 5.75. The molecule has 0 unspecified atom stereocenters. The zero-order valence-corrected chi connectivity index (χ0v) is 9.06. The van der Waals surface area contributed by atoms with Crippen molar-refractivity contribution in [3.05, 3.63) is 6.92 Å². The van der Waals surface area contributed by atoms with Crippen LogP contribution in [-0.4, -0.2) is 12.6 Å². The van der Waals surface area contributed by atoms with Crippen molar-refractivity contribution in [1.29, 1.82) is 0 Å². The fraction of sp³-hybridized carbons (Fsp3) is 0.818.